The average molecular weight is 374 g/mol. The molecule has 130 valence electrons. The predicted molar refractivity (Wildman–Crippen MR) is 99.8 cm³/mol. The van der Waals surface area contributed by atoms with Crippen LogP contribution in [0, 0.1) is 6.92 Å². The van der Waals surface area contributed by atoms with Crippen LogP contribution in [0.15, 0.2) is 39.3 Å². The molecule has 2 heterocycles. The van der Waals surface area contributed by atoms with Crippen LogP contribution in [-0.4, -0.2) is 27.6 Å². The summed E-state index contributed by atoms with van der Waals surface area (Å²) in [4.78, 5) is 17.7. The van der Waals surface area contributed by atoms with Crippen molar-refractivity contribution in [2.24, 2.45) is 0 Å². The Morgan fingerprint density at radius 2 is 2.12 bits per heavy atom. The van der Waals surface area contributed by atoms with E-state index in [0.29, 0.717) is 23.4 Å². The van der Waals surface area contributed by atoms with Crippen molar-refractivity contribution < 1.29 is 9.21 Å². The highest BCUT2D eigenvalue weighted by molar-refractivity contribution is 7.98. The van der Waals surface area contributed by atoms with Crippen molar-refractivity contribution in [3.63, 3.8) is 0 Å². The first-order valence-electron chi connectivity index (χ1n) is 7.83. The van der Waals surface area contributed by atoms with Crippen LogP contribution in [0.5, 0.6) is 0 Å². The van der Waals surface area contributed by atoms with Gasteiger partial charge in [0, 0.05) is 30.2 Å². The lowest BCUT2D eigenvalue weighted by Crippen LogP contribution is -2.27. The van der Waals surface area contributed by atoms with E-state index < -0.39 is 0 Å². The molecule has 0 bridgehead atoms. The van der Waals surface area contributed by atoms with E-state index in [-0.39, 0.29) is 5.91 Å². The molecular weight excluding hydrogens is 356 g/mol. The molecule has 0 spiro atoms. The van der Waals surface area contributed by atoms with Crippen LogP contribution in [0.4, 0.5) is 5.13 Å². The zero-order valence-corrected chi connectivity index (χ0v) is 15.9. The molecule has 8 heteroatoms. The molecule has 2 aromatic heterocycles. The van der Waals surface area contributed by atoms with Crippen LogP contribution in [0.3, 0.4) is 0 Å². The van der Waals surface area contributed by atoms with Gasteiger partial charge in [0.25, 0.3) is 5.22 Å². The predicted octanol–water partition coefficient (Wildman–Crippen LogP) is 4.17. The summed E-state index contributed by atoms with van der Waals surface area (Å²) in [6.45, 7) is 6.10. The third-order valence-electron chi connectivity index (χ3n) is 3.59. The maximum Gasteiger partial charge on any atom is 0.277 e. The van der Waals surface area contributed by atoms with Gasteiger partial charge in [-0.15, -0.1) is 21.5 Å². The lowest BCUT2D eigenvalue weighted by molar-refractivity contribution is -0.116. The number of thioether (sulfide) groups is 1. The van der Waals surface area contributed by atoms with Crippen molar-refractivity contribution in [3.8, 4) is 11.5 Å². The van der Waals surface area contributed by atoms with Gasteiger partial charge in [-0.3, -0.25) is 9.69 Å². The van der Waals surface area contributed by atoms with E-state index in [0.717, 1.165) is 22.0 Å². The molecule has 3 aromatic rings. The van der Waals surface area contributed by atoms with Crippen molar-refractivity contribution >= 4 is 34.1 Å². The minimum absolute atomic E-state index is 0.00386. The number of anilines is 1. The number of carbonyl (C=O) groups excluding carboxylic acids is 1. The quantitative estimate of drug-likeness (QED) is 0.603. The van der Waals surface area contributed by atoms with E-state index in [1.807, 2.05) is 43.5 Å². The molecule has 0 radical (unpaired) electrons. The number of aryl methyl sites for hydroxylation is 1. The minimum Gasteiger partial charge on any atom is -0.411 e. The first kappa shape index (κ1) is 17.6. The van der Waals surface area contributed by atoms with E-state index >= 15 is 0 Å². The molecule has 0 aliphatic carbocycles. The zero-order chi connectivity index (χ0) is 17.8. The topological polar surface area (TPSA) is 72.1 Å². The molecule has 0 saturated heterocycles. The molecule has 0 fully saturated rings. The molecule has 1 aromatic carbocycles. The van der Waals surface area contributed by atoms with Gasteiger partial charge in [-0.2, -0.15) is 0 Å². The molecule has 0 aliphatic rings. The summed E-state index contributed by atoms with van der Waals surface area (Å²) in [6.07, 6.45) is 0. The van der Waals surface area contributed by atoms with Crippen molar-refractivity contribution in [2.45, 2.75) is 31.7 Å². The molecule has 0 atom stereocenters. The smallest absolute Gasteiger partial charge is 0.277 e. The molecule has 0 N–H and O–H groups in total. The second-order valence-corrected chi connectivity index (χ2v) is 7.12. The maximum absolute atomic E-state index is 11.6. The van der Waals surface area contributed by atoms with Crippen molar-refractivity contribution in [1.29, 1.82) is 0 Å². The number of nitrogens with zero attached hydrogens (tertiary/aromatic N) is 4. The van der Waals surface area contributed by atoms with Crippen LogP contribution < -0.4 is 4.90 Å². The molecule has 0 unspecified atom stereocenters. The molecule has 0 saturated carbocycles. The second-order valence-electron chi connectivity index (χ2n) is 5.36. The maximum atomic E-state index is 11.6. The Bertz CT molecular complexity index is 875. The lowest BCUT2D eigenvalue weighted by atomic mass is 10.1. The van der Waals surface area contributed by atoms with Gasteiger partial charge in [0.15, 0.2) is 5.13 Å². The summed E-state index contributed by atoms with van der Waals surface area (Å²) in [5.41, 5.74) is 2.92. The number of amides is 1. The fraction of sp³-hybridized carbons (Fsp3) is 0.294. The zero-order valence-electron chi connectivity index (χ0n) is 14.2. The fourth-order valence-electron chi connectivity index (χ4n) is 2.30. The normalized spacial score (nSPS) is 10.8. The van der Waals surface area contributed by atoms with Crippen molar-refractivity contribution in [1.82, 2.24) is 15.2 Å². The van der Waals surface area contributed by atoms with Crippen LogP contribution in [0.1, 0.15) is 25.1 Å². The Balaban J connectivity index is 1.66. The van der Waals surface area contributed by atoms with Gasteiger partial charge in [0.2, 0.25) is 11.8 Å². The summed E-state index contributed by atoms with van der Waals surface area (Å²) in [5, 5.41) is 11.4. The van der Waals surface area contributed by atoms with Gasteiger partial charge in [0.05, 0.1) is 5.69 Å². The number of aromatic nitrogens is 3. The van der Waals surface area contributed by atoms with Gasteiger partial charge < -0.3 is 4.42 Å². The fourth-order valence-corrected chi connectivity index (χ4v) is 4.00. The third kappa shape index (κ3) is 4.08. The van der Waals surface area contributed by atoms with E-state index in [1.165, 1.54) is 23.1 Å². The monoisotopic (exact) mass is 374 g/mol. The Morgan fingerprint density at radius 1 is 1.32 bits per heavy atom. The van der Waals surface area contributed by atoms with Crippen LogP contribution in [0.2, 0.25) is 0 Å². The van der Waals surface area contributed by atoms with E-state index in [2.05, 4.69) is 15.2 Å². The molecular formula is C17H18N4O2S2. The van der Waals surface area contributed by atoms with Crippen molar-refractivity contribution in [2.75, 3.05) is 11.4 Å². The summed E-state index contributed by atoms with van der Waals surface area (Å²) < 4.78 is 5.74. The first-order valence-corrected chi connectivity index (χ1v) is 9.69. The molecule has 0 aliphatic heterocycles. The number of rotatable bonds is 6. The summed E-state index contributed by atoms with van der Waals surface area (Å²) in [5.74, 6) is 1.13. The second kappa shape index (κ2) is 7.79. The van der Waals surface area contributed by atoms with Crippen molar-refractivity contribution in [3.05, 3.63) is 40.9 Å². The number of thiazole rings is 1. The standard InChI is InChI=1S/C17H18N4O2S2/c1-4-21(12(3)22)16-18-13(9-24-16)10-25-17-20-19-15(23-17)14-8-6-5-7-11(14)2/h5-9H,4,10H2,1-3H3. The Labute approximate surface area is 154 Å². The molecule has 6 nitrogen and oxygen atoms in total. The van der Waals surface area contributed by atoms with Crippen LogP contribution in [-0.2, 0) is 10.5 Å². The number of carbonyl (C=O) groups is 1. The molecule has 3 rings (SSSR count). The summed E-state index contributed by atoms with van der Waals surface area (Å²) in [6, 6.07) is 7.90. The lowest BCUT2D eigenvalue weighted by Gasteiger charge is -2.14. The number of hydrogen-bond donors (Lipinski definition) is 0. The third-order valence-corrected chi connectivity index (χ3v) is 5.36. The summed E-state index contributed by atoms with van der Waals surface area (Å²) >= 11 is 2.90. The Morgan fingerprint density at radius 3 is 2.84 bits per heavy atom. The highest BCUT2D eigenvalue weighted by Crippen LogP contribution is 2.29. The Hall–Kier alpha value is -2.19. The van der Waals surface area contributed by atoms with Gasteiger partial charge in [-0.1, -0.05) is 30.0 Å². The summed E-state index contributed by atoms with van der Waals surface area (Å²) in [7, 11) is 0. The molecule has 25 heavy (non-hydrogen) atoms. The van der Waals surface area contributed by atoms with Gasteiger partial charge in [-0.05, 0) is 25.5 Å². The number of hydrogen-bond acceptors (Lipinski definition) is 7. The van der Waals surface area contributed by atoms with E-state index in [1.54, 1.807) is 11.8 Å². The van der Waals surface area contributed by atoms with Gasteiger partial charge in [-0.25, -0.2) is 4.98 Å². The van der Waals surface area contributed by atoms with E-state index in [4.69, 9.17) is 4.42 Å². The average Bonchev–Trinajstić information content (AvgIpc) is 3.23. The largest absolute Gasteiger partial charge is 0.411 e. The van der Waals surface area contributed by atoms with Crippen LogP contribution in [0.25, 0.3) is 11.5 Å². The van der Waals surface area contributed by atoms with Gasteiger partial charge in [0.1, 0.15) is 0 Å². The van der Waals surface area contributed by atoms with E-state index in [9.17, 15) is 4.79 Å². The minimum atomic E-state index is -0.00386. The Kier molecular flexibility index (Phi) is 5.50. The highest BCUT2D eigenvalue weighted by atomic mass is 32.2. The van der Waals surface area contributed by atoms with Crippen LogP contribution >= 0.6 is 23.1 Å². The first-order chi connectivity index (χ1) is 12.1. The molecule has 1 amide bonds. The number of benzene rings is 1. The SMILES string of the molecule is CCN(C(C)=O)c1nc(CSc2nnc(-c3ccccc3C)o2)cs1. The van der Waals surface area contributed by atoms with Gasteiger partial charge >= 0.3 is 0 Å². The highest BCUT2D eigenvalue weighted by Gasteiger charge is 2.15.